The van der Waals surface area contributed by atoms with Gasteiger partial charge in [-0.2, -0.15) is 0 Å². The number of ether oxygens (including phenoxy) is 3. The summed E-state index contributed by atoms with van der Waals surface area (Å²) < 4.78 is 21.1. The number of carbonyl (C=O) groups is 2. The van der Waals surface area contributed by atoms with Crippen molar-refractivity contribution in [2.45, 2.75) is 60.2 Å². The number of esters is 2. The molecular weight excluding hydrogens is 639 g/mol. The van der Waals surface area contributed by atoms with Crippen molar-refractivity contribution >= 4 is 40.3 Å². The van der Waals surface area contributed by atoms with Crippen LogP contribution in [-0.2, 0) is 20.8 Å². The largest absolute Gasteiger partial charge is 0.491 e. The molecule has 3 aromatic carbocycles. The van der Waals surface area contributed by atoms with Crippen molar-refractivity contribution in [1.82, 2.24) is 9.13 Å². The molecule has 0 aliphatic carbocycles. The van der Waals surface area contributed by atoms with Crippen LogP contribution in [0.5, 0.6) is 5.75 Å². The molecule has 0 unspecified atom stereocenters. The molecule has 0 radical (unpaired) electrons. The lowest BCUT2D eigenvalue weighted by molar-refractivity contribution is -0.139. The molecule has 0 spiro atoms. The Hall–Kier alpha value is -5.22. The van der Waals surface area contributed by atoms with E-state index < -0.39 is 12.0 Å². The van der Waals surface area contributed by atoms with E-state index >= 15 is 0 Å². The third-order valence-electron chi connectivity index (χ3n) is 8.45. The minimum absolute atomic E-state index is 0.121. The van der Waals surface area contributed by atoms with Gasteiger partial charge in [-0.05, 0) is 77.4 Å². The second-order valence-corrected chi connectivity index (χ2v) is 13.0. The van der Waals surface area contributed by atoms with Crippen molar-refractivity contribution in [1.29, 1.82) is 0 Å². The van der Waals surface area contributed by atoms with E-state index in [1.807, 2.05) is 75.4 Å². The maximum Gasteiger partial charge on any atom is 0.338 e. The van der Waals surface area contributed by atoms with Gasteiger partial charge in [0.25, 0.3) is 5.56 Å². The van der Waals surface area contributed by atoms with Crippen molar-refractivity contribution < 1.29 is 23.8 Å². The molecule has 6 rings (SSSR count). The molecule has 0 saturated heterocycles. The van der Waals surface area contributed by atoms with Gasteiger partial charge in [0.15, 0.2) is 4.80 Å². The zero-order valence-electron chi connectivity index (χ0n) is 28.5. The molecule has 0 fully saturated rings. The van der Waals surface area contributed by atoms with Crippen molar-refractivity contribution in [2.75, 3.05) is 13.2 Å². The Kier molecular flexibility index (Phi) is 9.69. The number of hydrogen-bond acceptors (Lipinski definition) is 8. The molecule has 10 heteroatoms. The standard InChI is InChI=1S/C39H39N3O6S/c1-7-46-37(44)27-19-17-26(18-20-27)22-41-25(6)30(28-13-9-11-15-31(28)41)21-33-36(43)42-35(29-14-10-12-16-32(29)48-23(3)4)34(38(45)47-8-2)24(5)40-39(42)49-33/h9-21,23,35H,7-8,22H2,1-6H3/b33-21-/t35-/m1/s1. The van der Waals surface area contributed by atoms with E-state index in [0.29, 0.717) is 50.6 Å². The van der Waals surface area contributed by atoms with Crippen LogP contribution in [0.15, 0.2) is 93.9 Å². The van der Waals surface area contributed by atoms with Crippen LogP contribution in [0.25, 0.3) is 17.0 Å². The van der Waals surface area contributed by atoms with Crippen molar-refractivity contribution in [3.8, 4) is 5.75 Å². The van der Waals surface area contributed by atoms with Gasteiger partial charge in [-0.25, -0.2) is 14.6 Å². The molecule has 0 amide bonds. The van der Waals surface area contributed by atoms with E-state index in [1.54, 1.807) is 37.5 Å². The Morgan fingerprint density at radius 1 is 0.918 bits per heavy atom. The van der Waals surface area contributed by atoms with Crippen LogP contribution in [0, 0.1) is 6.92 Å². The van der Waals surface area contributed by atoms with Gasteiger partial charge in [0, 0.05) is 34.3 Å². The Balaban J connectivity index is 1.49. The van der Waals surface area contributed by atoms with E-state index in [1.165, 1.54) is 11.3 Å². The Labute approximate surface area is 288 Å². The first-order valence-electron chi connectivity index (χ1n) is 16.4. The molecule has 5 aromatic rings. The highest BCUT2D eigenvalue weighted by molar-refractivity contribution is 7.07. The molecule has 49 heavy (non-hydrogen) atoms. The van der Waals surface area contributed by atoms with Gasteiger partial charge < -0.3 is 18.8 Å². The monoisotopic (exact) mass is 677 g/mol. The number of hydrogen-bond donors (Lipinski definition) is 0. The Morgan fingerprint density at radius 3 is 2.31 bits per heavy atom. The minimum atomic E-state index is -0.785. The summed E-state index contributed by atoms with van der Waals surface area (Å²) in [7, 11) is 0. The molecule has 0 bridgehead atoms. The lowest BCUT2D eigenvalue weighted by Gasteiger charge is -2.26. The van der Waals surface area contributed by atoms with E-state index in [0.717, 1.165) is 27.7 Å². The lowest BCUT2D eigenvalue weighted by Crippen LogP contribution is -2.40. The minimum Gasteiger partial charge on any atom is -0.491 e. The molecule has 1 atom stereocenters. The molecule has 1 aliphatic rings. The number of benzene rings is 3. The van der Waals surface area contributed by atoms with Crippen LogP contribution >= 0.6 is 11.3 Å². The van der Waals surface area contributed by atoms with Crippen LogP contribution < -0.4 is 19.6 Å². The summed E-state index contributed by atoms with van der Waals surface area (Å²) in [5, 5.41) is 1.00. The van der Waals surface area contributed by atoms with Crippen LogP contribution in [0.2, 0.25) is 0 Å². The third-order valence-corrected chi connectivity index (χ3v) is 9.44. The first kappa shape index (κ1) is 33.7. The van der Waals surface area contributed by atoms with Gasteiger partial charge in [-0.15, -0.1) is 0 Å². The molecule has 3 heterocycles. The van der Waals surface area contributed by atoms with E-state index in [9.17, 15) is 14.4 Å². The van der Waals surface area contributed by atoms with Crippen molar-refractivity contribution in [2.24, 2.45) is 4.99 Å². The average molecular weight is 678 g/mol. The van der Waals surface area contributed by atoms with Crippen LogP contribution in [0.1, 0.15) is 73.4 Å². The predicted molar refractivity (Wildman–Crippen MR) is 191 cm³/mol. The molecule has 252 valence electrons. The number of rotatable bonds is 10. The molecule has 9 nitrogen and oxygen atoms in total. The topological polar surface area (TPSA) is 101 Å². The van der Waals surface area contributed by atoms with Crippen LogP contribution in [0.4, 0.5) is 0 Å². The normalized spacial score (nSPS) is 14.6. The van der Waals surface area contributed by atoms with E-state index in [4.69, 9.17) is 19.2 Å². The lowest BCUT2D eigenvalue weighted by atomic mass is 9.95. The predicted octanol–water partition coefficient (Wildman–Crippen LogP) is 6.07. The van der Waals surface area contributed by atoms with Crippen molar-refractivity contribution in [3.63, 3.8) is 0 Å². The second-order valence-electron chi connectivity index (χ2n) is 12.0. The zero-order chi connectivity index (χ0) is 34.8. The third kappa shape index (κ3) is 6.48. The summed E-state index contributed by atoms with van der Waals surface area (Å²) in [6.45, 7) is 12.3. The number of thiazole rings is 1. The summed E-state index contributed by atoms with van der Waals surface area (Å²) in [5.41, 5.74) is 5.69. The van der Waals surface area contributed by atoms with Crippen molar-refractivity contribution in [3.05, 3.63) is 132 Å². The molecule has 0 N–H and O–H groups in total. The number of para-hydroxylation sites is 2. The number of nitrogens with zero attached hydrogens (tertiary/aromatic N) is 3. The van der Waals surface area contributed by atoms with Crippen LogP contribution in [0.3, 0.4) is 0 Å². The molecule has 1 aliphatic heterocycles. The summed E-state index contributed by atoms with van der Waals surface area (Å²) in [6, 6.07) is 22.2. The Bertz CT molecular complexity index is 2270. The smallest absolute Gasteiger partial charge is 0.338 e. The number of fused-ring (bicyclic) bond motifs is 2. The second kappa shape index (κ2) is 14.1. The fourth-order valence-corrected chi connectivity index (χ4v) is 7.30. The quantitative estimate of drug-likeness (QED) is 0.166. The van der Waals surface area contributed by atoms with E-state index in [2.05, 4.69) is 16.7 Å². The number of allylic oxidation sites excluding steroid dienone is 1. The maximum atomic E-state index is 14.5. The molecule has 0 saturated carbocycles. The summed E-state index contributed by atoms with van der Waals surface area (Å²) in [5.74, 6) is -0.275. The average Bonchev–Trinajstić information content (AvgIpc) is 3.53. The SMILES string of the molecule is CCOC(=O)C1=C(C)N=c2s/c(=C\c3c(C)n(Cc4ccc(C(=O)OCC)cc4)c4ccccc34)c(=O)n2[C@@H]1c1ccccc1OC(C)C. The van der Waals surface area contributed by atoms with E-state index in [-0.39, 0.29) is 24.2 Å². The van der Waals surface area contributed by atoms with Gasteiger partial charge in [0.1, 0.15) is 11.8 Å². The van der Waals surface area contributed by atoms with Crippen LogP contribution in [-0.4, -0.2) is 40.4 Å². The van der Waals surface area contributed by atoms with Gasteiger partial charge in [0.2, 0.25) is 0 Å². The fraction of sp³-hybridized carbons (Fsp3) is 0.282. The summed E-state index contributed by atoms with van der Waals surface area (Å²) in [6.07, 6.45) is 1.81. The number of aromatic nitrogens is 2. The van der Waals surface area contributed by atoms with Gasteiger partial charge in [-0.1, -0.05) is 59.9 Å². The Morgan fingerprint density at radius 2 is 1.59 bits per heavy atom. The van der Waals surface area contributed by atoms with Gasteiger partial charge >= 0.3 is 11.9 Å². The first-order valence-corrected chi connectivity index (χ1v) is 17.2. The highest BCUT2D eigenvalue weighted by Crippen LogP contribution is 2.36. The maximum absolute atomic E-state index is 14.5. The molecular formula is C39H39N3O6S. The highest BCUT2D eigenvalue weighted by Gasteiger charge is 2.35. The molecule has 2 aromatic heterocycles. The first-order chi connectivity index (χ1) is 23.6. The van der Waals surface area contributed by atoms with Gasteiger partial charge in [-0.3, -0.25) is 9.36 Å². The highest BCUT2D eigenvalue weighted by atomic mass is 32.1. The fourth-order valence-electron chi connectivity index (χ4n) is 6.27. The summed E-state index contributed by atoms with van der Waals surface area (Å²) in [4.78, 5) is 45.3. The number of carbonyl (C=O) groups excluding carboxylic acids is 2. The summed E-state index contributed by atoms with van der Waals surface area (Å²) >= 11 is 1.29. The zero-order valence-corrected chi connectivity index (χ0v) is 29.3. The van der Waals surface area contributed by atoms with Gasteiger partial charge in [0.05, 0.1) is 40.7 Å².